The zero-order chi connectivity index (χ0) is 45.1. The van der Waals surface area contributed by atoms with E-state index in [9.17, 15) is 14.4 Å². The third kappa shape index (κ3) is 47.6. The topological polar surface area (TPSA) is 78.9 Å². The number of unbranched alkanes of at least 4 members (excludes halogenated alkanes) is 20. The maximum Gasteiger partial charge on any atom is 0.306 e. The summed E-state index contributed by atoms with van der Waals surface area (Å²) in [5, 5.41) is 0. The Morgan fingerprint density at radius 3 is 1.06 bits per heavy atom. The van der Waals surface area contributed by atoms with E-state index in [2.05, 4.69) is 106 Å². The Balaban J connectivity index is 4.46. The number of allylic oxidation sites excluding steroid dienone is 14. The van der Waals surface area contributed by atoms with Crippen LogP contribution in [-0.4, -0.2) is 37.2 Å². The van der Waals surface area contributed by atoms with Crippen molar-refractivity contribution in [2.45, 2.75) is 239 Å². The smallest absolute Gasteiger partial charge is 0.306 e. The molecule has 6 heteroatoms. The molecular weight excluding hydrogens is 769 g/mol. The first-order valence-electron chi connectivity index (χ1n) is 25.6. The van der Waals surface area contributed by atoms with E-state index in [1.165, 1.54) is 51.4 Å². The molecule has 0 rings (SSSR count). The van der Waals surface area contributed by atoms with Gasteiger partial charge in [0.1, 0.15) is 13.2 Å². The summed E-state index contributed by atoms with van der Waals surface area (Å²) in [6, 6.07) is 0. The lowest BCUT2D eigenvalue weighted by Gasteiger charge is -2.18. The van der Waals surface area contributed by atoms with Crippen molar-refractivity contribution in [3.05, 3.63) is 85.1 Å². The van der Waals surface area contributed by atoms with E-state index in [0.717, 1.165) is 141 Å². The molecule has 0 spiro atoms. The highest BCUT2D eigenvalue weighted by atomic mass is 16.6. The van der Waals surface area contributed by atoms with E-state index >= 15 is 0 Å². The second kappa shape index (κ2) is 50.2. The molecule has 0 aliphatic heterocycles. The number of carbonyl (C=O) groups excluding carboxylic acids is 3. The predicted octanol–water partition coefficient (Wildman–Crippen LogP) is 16.8. The highest BCUT2D eigenvalue weighted by molar-refractivity contribution is 5.71. The molecule has 0 heterocycles. The van der Waals surface area contributed by atoms with Crippen molar-refractivity contribution in [1.82, 2.24) is 0 Å². The number of esters is 3. The number of hydrogen-bond donors (Lipinski definition) is 0. The SMILES string of the molecule is CC/C=C\C/C=C\C/C=C\C/C=C\CCCCCCC(=O)OCC(COC(=O)CCCCCCC/C=C\C/C=C\CCC)OC(=O)CCCCCCC/C=C\CCCCCCC. The second-order valence-corrected chi connectivity index (χ2v) is 16.7. The number of rotatable bonds is 45. The van der Waals surface area contributed by atoms with Gasteiger partial charge in [0.15, 0.2) is 6.10 Å². The lowest BCUT2D eigenvalue weighted by Crippen LogP contribution is -2.30. The van der Waals surface area contributed by atoms with Crippen LogP contribution < -0.4 is 0 Å². The zero-order valence-corrected chi connectivity index (χ0v) is 40.4. The lowest BCUT2D eigenvalue weighted by atomic mass is 10.1. The van der Waals surface area contributed by atoms with Crippen molar-refractivity contribution in [3.8, 4) is 0 Å². The molecule has 0 aliphatic rings. The molecular formula is C56H94O6. The molecule has 0 aliphatic carbocycles. The Kier molecular flexibility index (Phi) is 47.5. The van der Waals surface area contributed by atoms with E-state index in [4.69, 9.17) is 14.2 Å². The van der Waals surface area contributed by atoms with Crippen molar-refractivity contribution in [2.75, 3.05) is 13.2 Å². The van der Waals surface area contributed by atoms with Gasteiger partial charge in [-0.3, -0.25) is 14.4 Å². The highest BCUT2D eigenvalue weighted by Gasteiger charge is 2.19. The zero-order valence-electron chi connectivity index (χ0n) is 40.4. The van der Waals surface area contributed by atoms with Crippen LogP contribution >= 0.6 is 0 Å². The van der Waals surface area contributed by atoms with Crippen LogP contribution in [0.5, 0.6) is 0 Å². The van der Waals surface area contributed by atoms with Crippen molar-refractivity contribution in [1.29, 1.82) is 0 Å². The van der Waals surface area contributed by atoms with E-state index in [1.807, 2.05) is 0 Å². The van der Waals surface area contributed by atoms with Gasteiger partial charge in [0.05, 0.1) is 0 Å². The highest BCUT2D eigenvalue weighted by Crippen LogP contribution is 2.13. The van der Waals surface area contributed by atoms with Gasteiger partial charge in [0.2, 0.25) is 0 Å². The molecule has 0 aromatic heterocycles. The van der Waals surface area contributed by atoms with Crippen molar-refractivity contribution in [2.24, 2.45) is 0 Å². The Morgan fingerprint density at radius 2 is 0.661 bits per heavy atom. The van der Waals surface area contributed by atoms with Crippen LogP contribution in [0.3, 0.4) is 0 Å². The average Bonchev–Trinajstić information content (AvgIpc) is 3.27. The van der Waals surface area contributed by atoms with Gasteiger partial charge in [-0.05, 0) is 109 Å². The minimum Gasteiger partial charge on any atom is -0.462 e. The summed E-state index contributed by atoms with van der Waals surface area (Å²) in [6.45, 7) is 6.40. The molecule has 354 valence electrons. The number of ether oxygens (including phenoxy) is 3. The quantitative estimate of drug-likeness (QED) is 0.0263. The van der Waals surface area contributed by atoms with E-state index < -0.39 is 6.10 Å². The Bertz CT molecular complexity index is 1220. The number of carbonyl (C=O) groups is 3. The summed E-state index contributed by atoms with van der Waals surface area (Å²) in [6.07, 6.45) is 64.2. The molecule has 0 amide bonds. The van der Waals surface area contributed by atoms with Gasteiger partial charge in [-0.1, -0.05) is 189 Å². The first-order valence-corrected chi connectivity index (χ1v) is 25.6. The first kappa shape index (κ1) is 58.6. The summed E-state index contributed by atoms with van der Waals surface area (Å²) < 4.78 is 16.8. The van der Waals surface area contributed by atoms with Crippen LogP contribution in [0.15, 0.2) is 85.1 Å². The Labute approximate surface area is 382 Å². The molecule has 0 N–H and O–H groups in total. The van der Waals surface area contributed by atoms with Crippen LogP contribution in [0, 0.1) is 0 Å². The maximum atomic E-state index is 12.8. The van der Waals surface area contributed by atoms with Crippen molar-refractivity contribution in [3.63, 3.8) is 0 Å². The molecule has 1 atom stereocenters. The van der Waals surface area contributed by atoms with Crippen LogP contribution in [0.4, 0.5) is 0 Å². The van der Waals surface area contributed by atoms with Crippen LogP contribution in [0.1, 0.15) is 233 Å². The fourth-order valence-electron chi connectivity index (χ4n) is 6.76. The standard InChI is InChI=1S/C56H94O6/c1-4-7-10-13-16-19-22-25-27-28-29-32-34-37-40-43-46-49-55(58)61-52-53(51-60-54(57)48-45-42-39-36-33-30-24-21-18-15-12-9-6-3)62-56(59)50-47-44-41-38-35-31-26-23-20-17-14-11-8-5-2/h7,10,12,15-16,19,21,23-27,29,32,53H,4-6,8-9,11,13-14,17-18,20,22,28,30-31,33-52H2,1-3H3/b10-7-,15-12-,19-16-,24-21-,26-23-,27-25-,32-29-. The maximum absolute atomic E-state index is 12.8. The van der Waals surface area contributed by atoms with E-state index in [-0.39, 0.29) is 31.1 Å². The summed E-state index contributed by atoms with van der Waals surface area (Å²) >= 11 is 0. The van der Waals surface area contributed by atoms with Crippen molar-refractivity contribution >= 4 is 17.9 Å². The van der Waals surface area contributed by atoms with Gasteiger partial charge in [0, 0.05) is 19.3 Å². The minimum atomic E-state index is -0.796. The number of hydrogen-bond acceptors (Lipinski definition) is 6. The fourth-order valence-corrected chi connectivity index (χ4v) is 6.76. The molecule has 62 heavy (non-hydrogen) atoms. The molecule has 0 radical (unpaired) electrons. The largest absolute Gasteiger partial charge is 0.462 e. The molecule has 1 unspecified atom stereocenters. The molecule has 0 aromatic rings. The third-order valence-electron chi connectivity index (χ3n) is 10.6. The Morgan fingerprint density at radius 1 is 0.339 bits per heavy atom. The summed E-state index contributed by atoms with van der Waals surface area (Å²) in [5.41, 5.74) is 0. The van der Waals surface area contributed by atoms with Gasteiger partial charge in [-0.15, -0.1) is 0 Å². The van der Waals surface area contributed by atoms with Gasteiger partial charge >= 0.3 is 17.9 Å². The third-order valence-corrected chi connectivity index (χ3v) is 10.6. The molecule has 0 bridgehead atoms. The average molecular weight is 863 g/mol. The van der Waals surface area contributed by atoms with E-state index in [0.29, 0.717) is 19.3 Å². The van der Waals surface area contributed by atoms with Crippen molar-refractivity contribution < 1.29 is 28.6 Å². The molecule has 6 nitrogen and oxygen atoms in total. The van der Waals surface area contributed by atoms with E-state index in [1.54, 1.807) is 0 Å². The van der Waals surface area contributed by atoms with Crippen LogP contribution in [-0.2, 0) is 28.6 Å². The second-order valence-electron chi connectivity index (χ2n) is 16.7. The monoisotopic (exact) mass is 863 g/mol. The van der Waals surface area contributed by atoms with Gasteiger partial charge in [-0.2, -0.15) is 0 Å². The molecule has 0 fully saturated rings. The fraction of sp³-hybridized carbons (Fsp3) is 0.696. The van der Waals surface area contributed by atoms with Gasteiger partial charge in [-0.25, -0.2) is 0 Å². The first-order chi connectivity index (χ1) is 30.5. The summed E-state index contributed by atoms with van der Waals surface area (Å²) in [4.78, 5) is 38.0. The molecule has 0 saturated heterocycles. The summed E-state index contributed by atoms with van der Waals surface area (Å²) in [7, 11) is 0. The van der Waals surface area contributed by atoms with Gasteiger partial charge in [0.25, 0.3) is 0 Å². The van der Waals surface area contributed by atoms with Crippen LogP contribution in [0.2, 0.25) is 0 Å². The molecule has 0 saturated carbocycles. The minimum absolute atomic E-state index is 0.0959. The predicted molar refractivity (Wildman–Crippen MR) is 265 cm³/mol. The van der Waals surface area contributed by atoms with Crippen LogP contribution in [0.25, 0.3) is 0 Å². The summed E-state index contributed by atoms with van der Waals surface area (Å²) in [5.74, 6) is -0.944. The lowest BCUT2D eigenvalue weighted by molar-refractivity contribution is -0.167. The Hall–Kier alpha value is -3.41. The normalized spacial score (nSPS) is 12.8. The molecule has 0 aromatic carbocycles. The van der Waals surface area contributed by atoms with Gasteiger partial charge < -0.3 is 14.2 Å².